The fraction of sp³-hybridized carbons (Fsp3) is 0. The lowest BCUT2D eigenvalue weighted by Gasteiger charge is -2.11. The Hall–Kier alpha value is -7.41. The highest BCUT2D eigenvalue weighted by molar-refractivity contribution is 7.25. The molecule has 0 fully saturated rings. The molecule has 12 aromatic rings. The van der Waals surface area contributed by atoms with E-state index in [1.165, 1.54) is 25.7 Å². The normalized spacial score (nSPS) is 11.9. The summed E-state index contributed by atoms with van der Waals surface area (Å²) in [5.41, 5.74) is 10.1. The number of benzene rings is 8. The predicted octanol–water partition coefficient (Wildman–Crippen LogP) is 13.9. The number of hydrogen-bond acceptors (Lipinski definition) is 5. The largest absolute Gasteiger partial charge is 0.456 e. The topological polar surface area (TPSA) is 56.7 Å². The van der Waals surface area contributed by atoms with E-state index in [1.54, 1.807) is 0 Å². The van der Waals surface area contributed by atoms with Gasteiger partial charge in [0.15, 0.2) is 11.6 Å². The Bertz CT molecular complexity index is 3510. The Morgan fingerprint density at radius 2 is 1.07 bits per heavy atom. The molecule has 0 radical (unpaired) electrons. The standard InChI is InChI=1S/C51H30N4OS/c1-4-13-31(14-5-1)34-24-26-42-39(27-34)40-29-41-37-19-10-11-22-46(37)57-47(41)30-43(40)55(42)51-53-49(33-17-8-3-9-18-33)52-50(54-51)35-23-25-38-45(28-35)56-44-21-12-20-36(48(38)44)32-15-6-2-7-16-32/h1-30H. The summed E-state index contributed by atoms with van der Waals surface area (Å²) in [7, 11) is 0. The molecule has 6 heteroatoms. The molecule has 4 aromatic heterocycles. The number of fused-ring (bicyclic) bond motifs is 9. The molecule has 0 unspecified atom stereocenters. The third-order valence-electron chi connectivity index (χ3n) is 11.1. The maximum atomic E-state index is 6.55. The van der Waals surface area contributed by atoms with Crippen LogP contribution in [0.3, 0.4) is 0 Å². The average Bonchev–Trinajstić information content (AvgIpc) is 3.94. The van der Waals surface area contributed by atoms with Crippen LogP contribution in [0.1, 0.15) is 0 Å². The SMILES string of the molecule is c1ccc(-c2ccc3c(c2)c2cc4c(cc2n3-c2nc(-c3ccccc3)nc(-c3ccc5c(c3)oc3cccc(-c6ccccc6)c35)n2)sc2ccccc24)cc1. The minimum atomic E-state index is 0.558. The van der Waals surface area contributed by atoms with Gasteiger partial charge in [-0.15, -0.1) is 11.3 Å². The molecule has 8 aromatic carbocycles. The van der Waals surface area contributed by atoms with Gasteiger partial charge < -0.3 is 4.42 Å². The summed E-state index contributed by atoms with van der Waals surface area (Å²) in [6.07, 6.45) is 0. The number of thiophene rings is 1. The van der Waals surface area contributed by atoms with E-state index in [2.05, 4.69) is 156 Å². The van der Waals surface area contributed by atoms with Crippen molar-refractivity contribution in [2.75, 3.05) is 0 Å². The molecular weight excluding hydrogens is 717 g/mol. The van der Waals surface area contributed by atoms with Gasteiger partial charge in [-0.2, -0.15) is 9.97 Å². The van der Waals surface area contributed by atoms with E-state index in [9.17, 15) is 0 Å². The van der Waals surface area contributed by atoms with Crippen LogP contribution in [0.5, 0.6) is 0 Å². The zero-order valence-corrected chi connectivity index (χ0v) is 31.2. The van der Waals surface area contributed by atoms with Crippen LogP contribution in [0.2, 0.25) is 0 Å². The Morgan fingerprint density at radius 3 is 1.88 bits per heavy atom. The molecule has 0 N–H and O–H groups in total. The molecule has 0 amide bonds. The van der Waals surface area contributed by atoms with Crippen LogP contribution in [-0.4, -0.2) is 19.5 Å². The molecule has 266 valence electrons. The van der Waals surface area contributed by atoms with Crippen molar-refractivity contribution in [1.82, 2.24) is 19.5 Å². The maximum Gasteiger partial charge on any atom is 0.238 e. The van der Waals surface area contributed by atoms with E-state index in [0.29, 0.717) is 17.6 Å². The Morgan fingerprint density at radius 1 is 0.386 bits per heavy atom. The second-order valence-electron chi connectivity index (χ2n) is 14.4. The first kappa shape index (κ1) is 31.9. The highest BCUT2D eigenvalue weighted by atomic mass is 32.1. The van der Waals surface area contributed by atoms with Crippen molar-refractivity contribution in [3.8, 4) is 51.0 Å². The molecule has 4 heterocycles. The molecule has 0 spiro atoms. The number of furan rings is 1. The second-order valence-corrected chi connectivity index (χ2v) is 15.5. The molecule has 0 bridgehead atoms. The van der Waals surface area contributed by atoms with Gasteiger partial charge in [0.25, 0.3) is 0 Å². The van der Waals surface area contributed by atoms with Crippen molar-refractivity contribution in [2.24, 2.45) is 0 Å². The first-order valence-corrected chi connectivity index (χ1v) is 19.8. The van der Waals surface area contributed by atoms with Gasteiger partial charge in [0.05, 0.1) is 11.0 Å². The Balaban J connectivity index is 1.11. The molecule has 0 aliphatic rings. The summed E-state index contributed by atoms with van der Waals surface area (Å²) in [6.45, 7) is 0. The zero-order chi connectivity index (χ0) is 37.5. The molecule has 0 saturated carbocycles. The van der Waals surface area contributed by atoms with Gasteiger partial charge in [-0.05, 0) is 70.8 Å². The van der Waals surface area contributed by atoms with E-state index in [-0.39, 0.29) is 0 Å². The van der Waals surface area contributed by atoms with Crippen LogP contribution in [-0.2, 0) is 0 Å². The summed E-state index contributed by atoms with van der Waals surface area (Å²) in [6, 6.07) is 63.8. The van der Waals surface area contributed by atoms with Crippen molar-refractivity contribution >= 4 is 75.3 Å². The fourth-order valence-electron chi connectivity index (χ4n) is 8.40. The van der Waals surface area contributed by atoms with E-state index in [4.69, 9.17) is 19.4 Å². The fourth-order valence-corrected chi connectivity index (χ4v) is 9.52. The van der Waals surface area contributed by atoms with Crippen LogP contribution >= 0.6 is 11.3 Å². The van der Waals surface area contributed by atoms with Gasteiger partial charge in [-0.1, -0.05) is 133 Å². The van der Waals surface area contributed by atoms with Gasteiger partial charge in [0.2, 0.25) is 5.95 Å². The first-order valence-electron chi connectivity index (χ1n) is 19.0. The Kier molecular flexibility index (Phi) is 7.03. The lowest BCUT2D eigenvalue weighted by Crippen LogP contribution is -2.06. The highest BCUT2D eigenvalue weighted by Gasteiger charge is 2.21. The molecule has 12 rings (SSSR count). The summed E-state index contributed by atoms with van der Waals surface area (Å²) in [5.74, 6) is 1.73. The number of nitrogens with zero attached hydrogens (tertiary/aromatic N) is 4. The quantitative estimate of drug-likeness (QED) is 0.176. The minimum absolute atomic E-state index is 0.558. The van der Waals surface area contributed by atoms with Crippen molar-refractivity contribution in [3.63, 3.8) is 0 Å². The van der Waals surface area contributed by atoms with Gasteiger partial charge in [0.1, 0.15) is 11.2 Å². The molecule has 0 aliphatic carbocycles. The zero-order valence-electron chi connectivity index (χ0n) is 30.4. The lowest BCUT2D eigenvalue weighted by molar-refractivity contribution is 0.669. The van der Waals surface area contributed by atoms with Gasteiger partial charge in [-0.3, -0.25) is 4.57 Å². The van der Waals surface area contributed by atoms with E-state index < -0.39 is 0 Å². The van der Waals surface area contributed by atoms with E-state index in [0.717, 1.165) is 71.6 Å². The highest BCUT2D eigenvalue weighted by Crippen LogP contribution is 2.42. The maximum absolute atomic E-state index is 6.55. The summed E-state index contributed by atoms with van der Waals surface area (Å²) in [5, 5.41) is 6.96. The lowest BCUT2D eigenvalue weighted by atomic mass is 9.99. The Labute approximate surface area is 330 Å². The van der Waals surface area contributed by atoms with Crippen molar-refractivity contribution in [1.29, 1.82) is 0 Å². The molecule has 0 atom stereocenters. The van der Waals surface area contributed by atoms with Gasteiger partial charge in [-0.25, -0.2) is 4.98 Å². The third-order valence-corrected chi connectivity index (χ3v) is 12.2. The smallest absolute Gasteiger partial charge is 0.238 e. The van der Waals surface area contributed by atoms with E-state index >= 15 is 0 Å². The number of rotatable bonds is 5. The summed E-state index contributed by atoms with van der Waals surface area (Å²) < 4.78 is 11.3. The molecule has 57 heavy (non-hydrogen) atoms. The molecule has 0 aliphatic heterocycles. The number of hydrogen-bond donors (Lipinski definition) is 0. The molecule has 0 saturated heterocycles. The van der Waals surface area contributed by atoms with Crippen molar-refractivity contribution < 1.29 is 4.42 Å². The first-order chi connectivity index (χ1) is 28.2. The second kappa shape index (κ2) is 12.6. The van der Waals surface area contributed by atoms with E-state index in [1.807, 2.05) is 41.7 Å². The van der Waals surface area contributed by atoms with Crippen LogP contribution < -0.4 is 0 Å². The number of aromatic nitrogens is 4. The molecular formula is C51H30N4OS. The van der Waals surface area contributed by atoms with Crippen LogP contribution in [0.4, 0.5) is 0 Å². The van der Waals surface area contributed by atoms with Crippen molar-refractivity contribution in [2.45, 2.75) is 0 Å². The van der Waals surface area contributed by atoms with Crippen molar-refractivity contribution in [3.05, 3.63) is 182 Å². The van der Waals surface area contributed by atoms with Crippen LogP contribution in [0.15, 0.2) is 186 Å². The third kappa shape index (κ3) is 5.12. The van der Waals surface area contributed by atoms with Crippen LogP contribution in [0, 0.1) is 0 Å². The van der Waals surface area contributed by atoms with Gasteiger partial charge in [0, 0.05) is 52.8 Å². The summed E-state index contributed by atoms with van der Waals surface area (Å²) >= 11 is 1.82. The monoisotopic (exact) mass is 746 g/mol. The molecule has 5 nitrogen and oxygen atoms in total. The minimum Gasteiger partial charge on any atom is -0.456 e. The summed E-state index contributed by atoms with van der Waals surface area (Å²) in [4.78, 5) is 15.7. The average molecular weight is 747 g/mol. The van der Waals surface area contributed by atoms with Gasteiger partial charge >= 0.3 is 0 Å². The van der Waals surface area contributed by atoms with Crippen LogP contribution in [0.25, 0.3) is 115 Å². The predicted molar refractivity (Wildman–Crippen MR) is 236 cm³/mol.